The van der Waals surface area contributed by atoms with Crippen LogP contribution >= 0.6 is 23.1 Å². The number of thioether (sulfide) groups is 1. The van der Waals surface area contributed by atoms with Gasteiger partial charge in [0.25, 0.3) is 0 Å². The number of anilines is 2. The van der Waals surface area contributed by atoms with E-state index < -0.39 is 0 Å². The lowest BCUT2D eigenvalue weighted by molar-refractivity contribution is -0.115. The molecule has 1 aromatic carbocycles. The van der Waals surface area contributed by atoms with Crippen molar-refractivity contribution in [3.05, 3.63) is 29.8 Å². The molecule has 6 nitrogen and oxygen atoms in total. The molecule has 1 aromatic heterocycles. The zero-order valence-electron chi connectivity index (χ0n) is 15.9. The molecule has 2 unspecified atom stereocenters. The van der Waals surface area contributed by atoms with Gasteiger partial charge in [0.15, 0.2) is 4.34 Å². The molecule has 0 aliphatic carbocycles. The number of hydrogen-bond acceptors (Lipinski definition) is 7. The summed E-state index contributed by atoms with van der Waals surface area (Å²) >= 11 is 2.90. The topological polar surface area (TPSA) is 76.1 Å². The highest BCUT2D eigenvalue weighted by Crippen LogP contribution is 2.30. The fourth-order valence-electron chi connectivity index (χ4n) is 2.89. The van der Waals surface area contributed by atoms with E-state index in [0.717, 1.165) is 46.7 Å². The summed E-state index contributed by atoms with van der Waals surface area (Å²) in [6.45, 7) is 7.72. The number of para-hydroxylation sites is 1. The van der Waals surface area contributed by atoms with Crippen LogP contribution in [-0.4, -0.2) is 40.6 Å². The van der Waals surface area contributed by atoms with E-state index in [9.17, 15) is 4.79 Å². The number of nitrogens with one attached hydrogen (secondary N) is 2. The number of aromatic nitrogens is 2. The van der Waals surface area contributed by atoms with Gasteiger partial charge in [-0.05, 0) is 37.3 Å². The molecule has 1 aliphatic heterocycles. The van der Waals surface area contributed by atoms with Gasteiger partial charge in [-0.25, -0.2) is 0 Å². The Morgan fingerprint density at radius 3 is 2.89 bits per heavy atom. The molecule has 0 spiro atoms. The summed E-state index contributed by atoms with van der Waals surface area (Å²) in [6, 6.07) is 7.93. The Kier molecular flexibility index (Phi) is 7.09. The number of carbonyl (C=O) groups is 1. The molecule has 1 fully saturated rings. The molecule has 8 heteroatoms. The van der Waals surface area contributed by atoms with Gasteiger partial charge in [-0.2, -0.15) is 0 Å². The Hall–Kier alpha value is -1.64. The van der Waals surface area contributed by atoms with E-state index in [1.807, 2.05) is 25.1 Å². The molecule has 146 valence electrons. The SMILES string of the molecule is CC(Sc1nnc(NCC2CCCO2)s1)C(=O)Nc1ccccc1C(C)C. The minimum Gasteiger partial charge on any atom is -0.376 e. The highest BCUT2D eigenvalue weighted by atomic mass is 32.2. The molecule has 1 amide bonds. The van der Waals surface area contributed by atoms with Gasteiger partial charge in [0, 0.05) is 18.8 Å². The maximum Gasteiger partial charge on any atom is 0.237 e. The largest absolute Gasteiger partial charge is 0.376 e. The molecule has 1 saturated heterocycles. The van der Waals surface area contributed by atoms with Crippen LogP contribution in [0.4, 0.5) is 10.8 Å². The third-order valence-electron chi connectivity index (χ3n) is 4.40. The monoisotopic (exact) mass is 406 g/mol. The van der Waals surface area contributed by atoms with Crippen LogP contribution in [-0.2, 0) is 9.53 Å². The van der Waals surface area contributed by atoms with Gasteiger partial charge in [-0.1, -0.05) is 55.1 Å². The molecule has 3 rings (SSSR count). The van der Waals surface area contributed by atoms with E-state index in [-0.39, 0.29) is 17.3 Å². The van der Waals surface area contributed by atoms with Crippen LogP contribution in [0.1, 0.15) is 45.1 Å². The van der Waals surface area contributed by atoms with Crippen molar-refractivity contribution in [2.45, 2.75) is 55.2 Å². The van der Waals surface area contributed by atoms with Gasteiger partial charge in [-0.15, -0.1) is 10.2 Å². The Labute approximate surface area is 168 Å². The van der Waals surface area contributed by atoms with Crippen LogP contribution in [0.3, 0.4) is 0 Å². The van der Waals surface area contributed by atoms with Crippen molar-refractivity contribution >= 4 is 39.8 Å². The summed E-state index contributed by atoms with van der Waals surface area (Å²) in [5.41, 5.74) is 2.01. The van der Waals surface area contributed by atoms with Crippen molar-refractivity contribution in [1.29, 1.82) is 0 Å². The van der Waals surface area contributed by atoms with Crippen molar-refractivity contribution in [3.63, 3.8) is 0 Å². The Bertz CT molecular complexity index is 760. The smallest absolute Gasteiger partial charge is 0.237 e. The number of rotatable bonds is 8. The van der Waals surface area contributed by atoms with Crippen LogP contribution in [0, 0.1) is 0 Å². The number of benzene rings is 1. The van der Waals surface area contributed by atoms with Crippen LogP contribution in [0.2, 0.25) is 0 Å². The molecule has 1 aliphatic rings. The Morgan fingerprint density at radius 2 is 2.15 bits per heavy atom. The highest BCUT2D eigenvalue weighted by Gasteiger charge is 2.20. The minimum atomic E-state index is -0.260. The average Bonchev–Trinajstić information content (AvgIpc) is 3.32. The molecule has 2 heterocycles. The summed E-state index contributed by atoms with van der Waals surface area (Å²) in [5, 5.41) is 15.2. The van der Waals surface area contributed by atoms with Gasteiger partial charge in [0.1, 0.15) is 0 Å². The predicted octanol–water partition coefficient (Wildman–Crippen LogP) is 4.37. The first-order valence-corrected chi connectivity index (χ1v) is 11.0. The fourth-order valence-corrected chi connectivity index (χ4v) is 4.79. The summed E-state index contributed by atoms with van der Waals surface area (Å²) < 4.78 is 6.38. The Morgan fingerprint density at radius 1 is 1.33 bits per heavy atom. The lowest BCUT2D eigenvalue weighted by Crippen LogP contribution is -2.23. The van der Waals surface area contributed by atoms with Crippen molar-refractivity contribution < 1.29 is 9.53 Å². The number of nitrogens with zero attached hydrogens (tertiary/aromatic N) is 2. The van der Waals surface area contributed by atoms with Crippen molar-refractivity contribution in [3.8, 4) is 0 Å². The van der Waals surface area contributed by atoms with Gasteiger partial charge >= 0.3 is 0 Å². The van der Waals surface area contributed by atoms with Crippen LogP contribution in [0.5, 0.6) is 0 Å². The molecule has 27 heavy (non-hydrogen) atoms. The predicted molar refractivity (Wildman–Crippen MR) is 112 cm³/mol. The molecule has 0 radical (unpaired) electrons. The second-order valence-corrected chi connectivity index (χ2v) is 9.45. The van der Waals surface area contributed by atoms with E-state index in [0.29, 0.717) is 5.92 Å². The maximum atomic E-state index is 12.6. The van der Waals surface area contributed by atoms with Gasteiger partial charge in [0.2, 0.25) is 11.0 Å². The zero-order valence-corrected chi connectivity index (χ0v) is 17.5. The van der Waals surface area contributed by atoms with Crippen LogP contribution in [0.15, 0.2) is 28.6 Å². The van der Waals surface area contributed by atoms with Crippen molar-refractivity contribution in [2.75, 3.05) is 23.8 Å². The van der Waals surface area contributed by atoms with E-state index >= 15 is 0 Å². The lowest BCUT2D eigenvalue weighted by Gasteiger charge is -2.15. The maximum absolute atomic E-state index is 12.6. The standard InChI is InChI=1S/C19H26N4O2S2/c1-12(2)15-8-4-5-9-16(15)21-17(24)13(3)26-19-23-22-18(27-19)20-11-14-7-6-10-25-14/h4-5,8-9,12-14H,6-7,10-11H2,1-3H3,(H,20,22)(H,21,24). The Balaban J connectivity index is 1.52. The van der Waals surface area contributed by atoms with Crippen LogP contribution in [0.25, 0.3) is 0 Å². The normalized spacial score (nSPS) is 17.9. The summed E-state index contributed by atoms with van der Waals surface area (Å²) in [4.78, 5) is 12.6. The number of carbonyl (C=O) groups excluding carboxylic acids is 1. The molecular formula is C19H26N4O2S2. The third kappa shape index (κ3) is 5.67. The first kappa shape index (κ1) is 20.1. The number of hydrogen-bond donors (Lipinski definition) is 2. The fraction of sp³-hybridized carbons (Fsp3) is 0.526. The van der Waals surface area contributed by atoms with Crippen molar-refractivity contribution in [2.24, 2.45) is 0 Å². The zero-order chi connectivity index (χ0) is 19.2. The minimum absolute atomic E-state index is 0.0304. The van der Waals surface area contributed by atoms with Crippen molar-refractivity contribution in [1.82, 2.24) is 10.2 Å². The molecule has 0 saturated carbocycles. The summed E-state index contributed by atoms with van der Waals surface area (Å²) in [7, 11) is 0. The van der Waals surface area contributed by atoms with E-state index in [4.69, 9.17) is 4.74 Å². The van der Waals surface area contributed by atoms with E-state index in [1.54, 1.807) is 0 Å². The molecular weight excluding hydrogens is 380 g/mol. The molecule has 2 N–H and O–H groups in total. The first-order valence-electron chi connectivity index (χ1n) is 9.28. The molecule has 0 bridgehead atoms. The second-order valence-electron chi connectivity index (χ2n) is 6.88. The number of amides is 1. The first-order chi connectivity index (χ1) is 13.0. The third-order valence-corrected chi connectivity index (χ3v) is 6.46. The highest BCUT2D eigenvalue weighted by molar-refractivity contribution is 8.02. The van der Waals surface area contributed by atoms with Gasteiger partial charge in [-0.3, -0.25) is 4.79 Å². The number of ether oxygens (including phenoxy) is 1. The van der Waals surface area contributed by atoms with Gasteiger partial charge < -0.3 is 15.4 Å². The lowest BCUT2D eigenvalue weighted by atomic mass is 10.0. The van der Waals surface area contributed by atoms with Gasteiger partial charge in [0.05, 0.1) is 11.4 Å². The summed E-state index contributed by atoms with van der Waals surface area (Å²) in [6.07, 6.45) is 2.47. The summed E-state index contributed by atoms with van der Waals surface area (Å²) in [5.74, 6) is 0.322. The van der Waals surface area contributed by atoms with E-state index in [1.165, 1.54) is 23.1 Å². The molecule has 2 aromatic rings. The van der Waals surface area contributed by atoms with Crippen LogP contribution < -0.4 is 10.6 Å². The quantitative estimate of drug-likeness (QED) is 0.634. The second kappa shape index (κ2) is 9.52. The molecule has 2 atom stereocenters. The van der Waals surface area contributed by atoms with E-state index in [2.05, 4.69) is 40.7 Å². The average molecular weight is 407 g/mol.